The van der Waals surface area contributed by atoms with Crippen LogP contribution >= 0.6 is 0 Å². The van der Waals surface area contributed by atoms with Crippen molar-refractivity contribution in [1.82, 2.24) is 14.8 Å². The van der Waals surface area contributed by atoms with Crippen LogP contribution in [0.1, 0.15) is 60.8 Å². The Morgan fingerprint density at radius 1 is 1.12 bits per heavy atom. The third-order valence-corrected chi connectivity index (χ3v) is 6.69. The molecule has 0 spiro atoms. The van der Waals surface area contributed by atoms with Crippen LogP contribution in [0.15, 0.2) is 35.3 Å². The number of hydrogen-bond donors (Lipinski definition) is 2. The lowest BCUT2D eigenvalue weighted by atomic mass is 10.0. The molecule has 33 heavy (non-hydrogen) atoms. The van der Waals surface area contributed by atoms with E-state index in [0.717, 1.165) is 19.2 Å². The monoisotopic (exact) mass is 462 g/mol. The van der Waals surface area contributed by atoms with Gasteiger partial charge in [0.25, 0.3) is 17.9 Å². The van der Waals surface area contributed by atoms with Gasteiger partial charge in [-0.2, -0.15) is 0 Å². The molecule has 9 heteroatoms. The first-order chi connectivity index (χ1) is 15.6. The molecule has 4 atom stereocenters. The molecular weight excluding hydrogens is 433 g/mol. The summed E-state index contributed by atoms with van der Waals surface area (Å²) in [6, 6.07) is 4.36. The van der Waals surface area contributed by atoms with Crippen LogP contribution < -0.4 is 16.2 Å². The van der Waals surface area contributed by atoms with Gasteiger partial charge in [0.2, 0.25) is 0 Å². The van der Waals surface area contributed by atoms with Gasteiger partial charge in [0, 0.05) is 43.0 Å². The number of pyridine rings is 1. The summed E-state index contributed by atoms with van der Waals surface area (Å²) < 4.78 is 42.2. The Balaban J connectivity index is 1.60. The molecule has 1 aliphatic heterocycles. The van der Waals surface area contributed by atoms with Crippen LogP contribution in [0.3, 0.4) is 0 Å². The summed E-state index contributed by atoms with van der Waals surface area (Å²) in [5.74, 6) is -0.586. The summed E-state index contributed by atoms with van der Waals surface area (Å²) in [7, 11) is 2.06. The standard InChI is InChI=1S/C24H29F3N4O2/c1-12(2)31-11-18(19(8-20(31)32)29-22-16-9-30(4)10-17(16)22)24(33)28-13(3)14-6-5-7-15(21(14)25)23(26)27/h5-8,11-13,16-17,22-23,29H,9-10H2,1-4H3,(H,28,33)/t13-,16-,17+,22+/m1/s1. The van der Waals surface area contributed by atoms with E-state index in [1.165, 1.54) is 35.9 Å². The molecule has 0 bridgehead atoms. The van der Waals surface area contributed by atoms with Gasteiger partial charge >= 0.3 is 0 Å². The van der Waals surface area contributed by atoms with Gasteiger partial charge in [-0.25, -0.2) is 13.2 Å². The highest BCUT2D eigenvalue weighted by atomic mass is 19.3. The third kappa shape index (κ3) is 4.51. The number of carbonyl (C=O) groups is 1. The largest absolute Gasteiger partial charge is 0.381 e. The molecule has 4 rings (SSSR count). The van der Waals surface area contributed by atoms with Crippen LogP contribution in [0, 0.1) is 17.7 Å². The Morgan fingerprint density at radius 2 is 1.76 bits per heavy atom. The first-order valence-corrected chi connectivity index (χ1v) is 11.2. The molecule has 1 amide bonds. The van der Waals surface area contributed by atoms with Gasteiger partial charge in [-0.1, -0.05) is 18.2 Å². The molecular formula is C24H29F3N4O2. The molecule has 2 heterocycles. The van der Waals surface area contributed by atoms with Gasteiger partial charge in [-0.15, -0.1) is 0 Å². The third-order valence-electron chi connectivity index (χ3n) is 6.69. The summed E-state index contributed by atoms with van der Waals surface area (Å²) in [5, 5.41) is 6.08. The van der Waals surface area contributed by atoms with E-state index in [1.54, 1.807) is 0 Å². The first kappa shape index (κ1) is 23.4. The van der Waals surface area contributed by atoms with E-state index in [0.29, 0.717) is 17.5 Å². The molecule has 1 aromatic heterocycles. The molecule has 1 saturated carbocycles. The van der Waals surface area contributed by atoms with Crippen molar-refractivity contribution in [3.8, 4) is 0 Å². The van der Waals surface area contributed by atoms with Gasteiger partial charge < -0.3 is 20.1 Å². The maximum atomic E-state index is 14.6. The number of carbonyl (C=O) groups excluding carboxylic acids is 1. The van der Waals surface area contributed by atoms with Crippen LogP contribution in [0.25, 0.3) is 0 Å². The van der Waals surface area contributed by atoms with E-state index in [1.807, 2.05) is 13.8 Å². The number of rotatable bonds is 7. The Bertz CT molecular complexity index is 1110. The van der Waals surface area contributed by atoms with Crippen molar-refractivity contribution in [2.45, 2.75) is 45.3 Å². The molecule has 178 valence electrons. The fourth-order valence-electron chi connectivity index (χ4n) is 4.81. The van der Waals surface area contributed by atoms with E-state index in [4.69, 9.17) is 0 Å². The van der Waals surface area contributed by atoms with Crippen LogP contribution in [0.2, 0.25) is 0 Å². The molecule has 0 unspecified atom stereocenters. The van der Waals surface area contributed by atoms with Crippen LogP contribution in [-0.2, 0) is 0 Å². The number of likely N-dealkylation sites (tertiary alicyclic amines) is 1. The molecule has 2 aromatic rings. The molecule has 6 nitrogen and oxygen atoms in total. The SMILES string of the molecule is CC(C)n1cc(C(=O)N[C@H](C)c2cccc(C(F)F)c2F)c(N[C@H]2[C@@H]3CN(C)C[C@@H]32)cc1=O. The second-order valence-electron chi connectivity index (χ2n) is 9.41. The predicted octanol–water partition coefficient (Wildman–Crippen LogP) is 3.97. The maximum Gasteiger partial charge on any atom is 0.266 e. The fraction of sp³-hybridized carbons (Fsp3) is 0.500. The van der Waals surface area contributed by atoms with Crippen molar-refractivity contribution in [2.24, 2.45) is 11.8 Å². The zero-order chi connectivity index (χ0) is 24.0. The highest BCUT2D eigenvalue weighted by molar-refractivity contribution is 5.99. The normalized spacial score (nSPS) is 23.0. The average molecular weight is 463 g/mol. The molecule has 2 N–H and O–H groups in total. The Labute approximate surface area is 190 Å². The molecule has 2 fully saturated rings. The number of nitrogens with zero attached hydrogens (tertiary/aromatic N) is 2. The van der Waals surface area contributed by atoms with Crippen LogP contribution in [0.5, 0.6) is 0 Å². The fourth-order valence-corrected chi connectivity index (χ4v) is 4.81. The number of hydrogen-bond acceptors (Lipinski definition) is 4. The van der Waals surface area contributed by atoms with Crippen molar-refractivity contribution in [3.63, 3.8) is 0 Å². The number of amides is 1. The lowest BCUT2D eigenvalue weighted by Crippen LogP contribution is -2.32. The van der Waals surface area contributed by atoms with Gasteiger partial charge in [0.15, 0.2) is 0 Å². The molecule has 2 aliphatic rings. The van der Waals surface area contributed by atoms with Gasteiger partial charge in [-0.3, -0.25) is 9.59 Å². The summed E-state index contributed by atoms with van der Waals surface area (Å²) in [4.78, 5) is 28.1. The van der Waals surface area contributed by atoms with Crippen LogP contribution in [0.4, 0.5) is 18.9 Å². The number of nitrogens with one attached hydrogen (secondary N) is 2. The van der Waals surface area contributed by atoms with Crippen molar-refractivity contribution < 1.29 is 18.0 Å². The summed E-state index contributed by atoms with van der Waals surface area (Å²) in [5.41, 5.74) is -0.248. The molecule has 1 aliphatic carbocycles. The number of benzene rings is 1. The highest BCUT2D eigenvalue weighted by Gasteiger charge is 2.55. The number of halogens is 3. The van der Waals surface area contributed by atoms with Crippen molar-refractivity contribution in [3.05, 3.63) is 63.3 Å². The lowest BCUT2D eigenvalue weighted by Gasteiger charge is -2.21. The second kappa shape index (κ2) is 8.85. The zero-order valence-corrected chi connectivity index (χ0v) is 19.1. The second-order valence-corrected chi connectivity index (χ2v) is 9.41. The van der Waals surface area contributed by atoms with E-state index in [-0.39, 0.29) is 28.8 Å². The average Bonchev–Trinajstić information content (AvgIpc) is 3.18. The minimum absolute atomic E-state index is 0.0207. The number of alkyl halides is 2. The quantitative estimate of drug-likeness (QED) is 0.654. The molecule has 0 radical (unpaired) electrons. The minimum Gasteiger partial charge on any atom is -0.381 e. The summed E-state index contributed by atoms with van der Waals surface area (Å²) in [6.45, 7) is 7.14. The summed E-state index contributed by atoms with van der Waals surface area (Å²) >= 11 is 0. The maximum absolute atomic E-state index is 14.6. The van der Waals surface area contributed by atoms with Gasteiger partial charge in [0.05, 0.1) is 22.9 Å². The molecule has 1 saturated heterocycles. The first-order valence-electron chi connectivity index (χ1n) is 11.2. The topological polar surface area (TPSA) is 66.4 Å². The number of piperidine rings is 1. The smallest absolute Gasteiger partial charge is 0.266 e. The number of aromatic nitrogens is 1. The van der Waals surface area contributed by atoms with E-state index >= 15 is 0 Å². The number of fused-ring (bicyclic) bond motifs is 1. The van der Waals surface area contributed by atoms with Crippen molar-refractivity contribution in [1.29, 1.82) is 0 Å². The van der Waals surface area contributed by atoms with Crippen LogP contribution in [-0.4, -0.2) is 41.6 Å². The highest BCUT2D eigenvalue weighted by Crippen LogP contribution is 2.46. The zero-order valence-electron chi connectivity index (χ0n) is 19.1. The molecule has 1 aromatic carbocycles. The minimum atomic E-state index is -2.95. The Kier molecular flexibility index (Phi) is 6.26. The van der Waals surface area contributed by atoms with E-state index in [9.17, 15) is 22.8 Å². The van der Waals surface area contributed by atoms with Crippen molar-refractivity contribution >= 4 is 11.6 Å². The van der Waals surface area contributed by atoms with Gasteiger partial charge in [-0.05, 0) is 39.7 Å². The predicted molar refractivity (Wildman–Crippen MR) is 120 cm³/mol. The number of anilines is 1. The van der Waals surface area contributed by atoms with E-state index < -0.39 is 29.8 Å². The Morgan fingerprint density at radius 3 is 2.36 bits per heavy atom. The van der Waals surface area contributed by atoms with Gasteiger partial charge in [0.1, 0.15) is 5.82 Å². The van der Waals surface area contributed by atoms with Crippen molar-refractivity contribution in [2.75, 3.05) is 25.5 Å². The lowest BCUT2D eigenvalue weighted by molar-refractivity contribution is 0.0939. The Hall–Kier alpha value is -2.81. The van der Waals surface area contributed by atoms with E-state index in [2.05, 4.69) is 22.6 Å². The summed E-state index contributed by atoms with van der Waals surface area (Å²) in [6.07, 6.45) is -1.44.